The lowest BCUT2D eigenvalue weighted by Gasteiger charge is -2.40. The Balaban J connectivity index is 2.75. The minimum Gasteiger partial charge on any atom is -0.389 e. The fourth-order valence-electron chi connectivity index (χ4n) is 3.00. The van der Waals surface area contributed by atoms with E-state index in [-0.39, 0.29) is 11.4 Å². The van der Waals surface area contributed by atoms with Crippen molar-refractivity contribution < 1.29 is 9.90 Å². The van der Waals surface area contributed by atoms with E-state index in [1.165, 1.54) is 5.57 Å². The molecule has 3 heteroatoms. The van der Waals surface area contributed by atoms with E-state index in [0.717, 1.165) is 31.3 Å². The van der Waals surface area contributed by atoms with E-state index in [4.69, 9.17) is 0 Å². The summed E-state index contributed by atoms with van der Waals surface area (Å²) in [6.07, 6.45) is 6.42. The Kier molecular flexibility index (Phi) is 6.00. The fourth-order valence-corrected chi connectivity index (χ4v) is 3.00. The highest BCUT2D eigenvalue weighted by molar-refractivity contribution is 5.73. The predicted molar refractivity (Wildman–Crippen MR) is 83.4 cm³/mol. The maximum atomic E-state index is 11.5. The largest absolute Gasteiger partial charge is 0.389 e. The molecule has 0 heterocycles. The Morgan fingerprint density at radius 3 is 2.70 bits per heavy atom. The normalized spacial score (nSPS) is 23.4. The lowest BCUT2D eigenvalue weighted by atomic mass is 9.73. The molecule has 0 fully saturated rings. The van der Waals surface area contributed by atoms with Crippen LogP contribution in [0.15, 0.2) is 23.8 Å². The highest BCUT2D eigenvalue weighted by Crippen LogP contribution is 2.35. The van der Waals surface area contributed by atoms with E-state index in [1.54, 1.807) is 6.92 Å². The van der Waals surface area contributed by atoms with Crippen LogP contribution in [-0.2, 0) is 4.79 Å². The zero-order valence-electron chi connectivity index (χ0n) is 13.3. The average Bonchev–Trinajstić information content (AvgIpc) is 2.35. The van der Waals surface area contributed by atoms with Gasteiger partial charge in [0.25, 0.3) is 0 Å². The minimum atomic E-state index is -0.482. The third-order valence-corrected chi connectivity index (χ3v) is 4.51. The van der Waals surface area contributed by atoms with Crippen LogP contribution in [0.2, 0.25) is 0 Å². The molecule has 1 rings (SSSR count). The predicted octanol–water partition coefficient (Wildman–Crippen LogP) is 3.34. The summed E-state index contributed by atoms with van der Waals surface area (Å²) in [5, 5.41) is 13.1. The van der Waals surface area contributed by atoms with E-state index in [0.29, 0.717) is 12.3 Å². The van der Waals surface area contributed by atoms with Crippen molar-refractivity contribution in [1.29, 1.82) is 0 Å². The first-order chi connectivity index (χ1) is 9.24. The van der Waals surface area contributed by atoms with Crippen LogP contribution in [0, 0.1) is 5.92 Å². The van der Waals surface area contributed by atoms with Crippen molar-refractivity contribution in [3.63, 3.8) is 0 Å². The van der Waals surface area contributed by atoms with E-state index >= 15 is 0 Å². The van der Waals surface area contributed by atoms with Crippen LogP contribution in [0.5, 0.6) is 0 Å². The lowest BCUT2D eigenvalue weighted by Crippen LogP contribution is -2.51. The molecule has 0 aromatic rings. The number of nitrogens with one attached hydrogen (secondary N) is 1. The molecule has 0 bridgehead atoms. The van der Waals surface area contributed by atoms with Gasteiger partial charge in [0, 0.05) is 12.5 Å². The molecule has 2 N–H and O–H groups in total. The molecule has 0 aromatic heterocycles. The van der Waals surface area contributed by atoms with Gasteiger partial charge in [0.2, 0.25) is 5.91 Å². The number of rotatable bonds is 6. The SMILES string of the molecule is C=C(C)[C@H](O)CC[C@](C)(NC(C)=O)[C@H]1CC=C(C)CC1. The van der Waals surface area contributed by atoms with Gasteiger partial charge < -0.3 is 10.4 Å². The number of hydrogen-bond donors (Lipinski definition) is 2. The fraction of sp³-hybridized carbons (Fsp3) is 0.706. The molecule has 0 radical (unpaired) electrons. The highest BCUT2D eigenvalue weighted by atomic mass is 16.3. The molecule has 0 aliphatic heterocycles. The molecule has 1 aliphatic rings. The van der Waals surface area contributed by atoms with Crippen LogP contribution in [0.3, 0.4) is 0 Å². The van der Waals surface area contributed by atoms with Gasteiger partial charge in [-0.3, -0.25) is 4.79 Å². The second kappa shape index (κ2) is 7.07. The zero-order chi connectivity index (χ0) is 15.3. The summed E-state index contributed by atoms with van der Waals surface area (Å²) in [4.78, 5) is 11.5. The minimum absolute atomic E-state index is 0.00332. The number of hydrogen-bond acceptors (Lipinski definition) is 2. The van der Waals surface area contributed by atoms with Crippen LogP contribution in [-0.4, -0.2) is 22.7 Å². The van der Waals surface area contributed by atoms with E-state index in [9.17, 15) is 9.90 Å². The van der Waals surface area contributed by atoms with Gasteiger partial charge in [-0.1, -0.05) is 23.8 Å². The van der Waals surface area contributed by atoms with Gasteiger partial charge in [0.1, 0.15) is 0 Å². The molecule has 114 valence electrons. The first-order valence-corrected chi connectivity index (χ1v) is 7.52. The van der Waals surface area contributed by atoms with Gasteiger partial charge in [-0.25, -0.2) is 0 Å². The Morgan fingerprint density at radius 1 is 1.60 bits per heavy atom. The number of aliphatic hydroxyl groups is 1. The number of aliphatic hydroxyl groups excluding tert-OH is 1. The molecule has 0 saturated carbocycles. The number of carbonyl (C=O) groups is 1. The summed E-state index contributed by atoms with van der Waals surface area (Å²) in [6, 6.07) is 0. The van der Waals surface area contributed by atoms with Crippen LogP contribution in [0.4, 0.5) is 0 Å². The Bertz CT molecular complexity index is 400. The summed E-state index contributed by atoms with van der Waals surface area (Å²) < 4.78 is 0. The van der Waals surface area contributed by atoms with Crippen molar-refractivity contribution in [3.8, 4) is 0 Å². The van der Waals surface area contributed by atoms with Gasteiger partial charge in [-0.05, 0) is 58.8 Å². The maximum Gasteiger partial charge on any atom is 0.217 e. The number of carbonyl (C=O) groups excluding carboxylic acids is 1. The molecule has 0 spiro atoms. The molecule has 20 heavy (non-hydrogen) atoms. The molecule has 1 aliphatic carbocycles. The van der Waals surface area contributed by atoms with Crippen molar-refractivity contribution in [3.05, 3.63) is 23.8 Å². The molecular formula is C17H29NO2. The monoisotopic (exact) mass is 279 g/mol. The standard InChI is InChI=1S/C17H29NO2/c1-12(2)16(20)10-11-17(5,18-14(4)19)15-8-6-13(3)7-9-15/h6,15-16,20H,1,7-11H2,2-5H3,(H,18,19)/t15-,16+,17-/m0/s1. The molecule has 0 saturated heterocycles. The Morgan fingerprint density at radius 2 is 2.25 bits per heavy atom. The quantitative estimate of drug-likeness (QED) is 0.733. The van der Waals surface area contributed by atoms with Crippen molar-refractivity contribution in [2.24, 2.45) is 5.92 Å². The smallest absolute Gasteiger partial charge is 0.217 e. The van der Waals surface area contributed by atoms with Crippen LogP contribution >= 0.6 is 0 Å². The van der Waals surface area contributed by atoms with Crippen LogP contribution in [0.25, 0.3) is 0 Å². The highest BCUT2D eigenvalue weighted by Gasteiger charge is 2.35. The van der Waals surface area contributed by atoms with Crippen molar-refractivity contribution in [2.75, 3.05) is 0 Å². The van der Waals surface area contributed by atoms with E-state index < -0.39 is 6.10 Å². The van der Waals surface area contributed by atoms with Gasteiger partial charge in [-0.15, -0.1) is 0 Å². The van der Waals surface area contributed by atoms with Crippen molar-refractivity contribution in [2.45, 2.75) is 71.4 Å². The first-order valence-electron chi connectivity index (χ1n) is 7.52. The zero-order valence-corrected chi connectivity index (χ0v) is 13.3. The molecule has 3 atom stereocenters. The average molecular weight is 279 g/mol. The first kappa shape index (κ1) is 17.0. The second-order valence-electron chi connectivity index (χ2n) is 6.52. The molecule has 1 amide bonds. The third kappa shape index (κ3) is 4.78. The van der Waals surface area contributed by atoms with Crippen LogP contribution in [0.1, 0.15) is 59.8 Å². The summed E-state index contributed by atoms with van der Waals surface area (Å²) in [5.74, 6) is 0.441. The maximum absolute atomic E-state index is 11.5. The molecular weight excluding hydrogens is 250 g/mol. The Labute approximate surface area is 123 Å². The number of amides is 1. The van der Waals surface area contributed by atoms with Crippen LogP contribution < -0.4 is 5.32 Å². The summed E-state index contributed by atoms with van der Waals surface area (Å²) >= 11 is 0. The molecule has 0 unspecified atom stereocenters. The topological polar surface area (TPSA) is 49.3 Å². The van der Waals surface area contributed by atoms with E-state index in [2.05, 4.69) is 31.8 Å². The number of allylic oxidation sites excluding steroid dienone is 2. The lowest BCUT2D eigenvalue weighted by molar-refractivity contribution is -0.121. The van der Waals surface area contributed by atoms with Crippen molar-refractivity contribution in [1.82, 2.24) is 5.32 Å². The van der Waals surface area contributed by atoms with Gasteiger partial charge in [0.15, 0.2) is 0 Å². The van der Waals surface area contributed by atoms with Gasteiger partial charge >= 0.3 is 0 Å². The van der Waals surface area contributed by atoms with Gasteiger partial charge in [-0.2, -0.15) is 0 Å². The second-order valence-corrected chi connectivity index (χ2v) is 6.52. The summed E-state index contributed by atoms with van der Waals surface area (Å²) in [5.41, 5.74) is 1.97. The molecule has 0 aromatic carbocycles. The van der Waals surface area contributed by atoms with Crippen molar-refractivity contribution >= 4 is 5.91 Å². The third-order valence-electron chi connectivity index (χ3n) is 4.51. The van der Waals surface area contributed by atoms with Gasteiger partial charge in [0.05, 0.1) is 6.10 Å². The molecule has 3 nitrogen and oxygen atoms in total. The summed E-state index contributed by atoms with van der Waals surface area (Å²) in [7, 11) is 0. The Hall–Kier alpha value is -1.09. The van der Waals surface area contributed by atoms with E-state index in [1.807, 2.05) is 6.92 Å². The summed E-state index contributed by atoms with van der Waals surface area (Å²) in [6.45, 7) is 11.5.